The van der Waals surface area contributed by atoms with Crippen molar-refractivity contribution in [2.45, 2.75) is 37.8 Å². The normalized spacial score (nSPS) is 24.4. The van der Waals surface area contributed by atoms with Gasteiger partial charge in [-0.05, 0) is 23.1 Å². The molecule has 160 valence electrons. The number of rotatable bonds is 13. The molecular weight excluding hydrogens is 376 g/mol. The lowest BCUT2D eigenvalue weighted by Crippen LogP contribution is -2.33. The van der Waals surface area contributed by atoms with E-state index in [1.54, 1.807) is 0 Å². The second-order valence-corrected chi connectivity index (χ2v) is 8.80. The molecule has 3 unspecified atom stereocenters. The van der Waals surface area contributed by atoms with Gasteiger partial charge in [0, 0.05) is 39.3 Å². The minimum absolute atomic E-state index is 0.406. The summed E-state index contributed by atoms with van der Waals surface area (Å²) in [5.74, 6) is 0. The maximum atomic E-state index is 5.55. The van der Waals surface area contributed by atoms with Crippen LogP contribution in [0.15, 0.2) is 54.6 Å². The van der Waals surface area contributed by atoms with Gasteiger partial charge in [0.15, 0.2) is 0 Å². The van der Waals surface area contributed by atoms with Crippen LogP contribution in [0.1, 0.15) is 16.7 Å². The number of hydrogen-bond acceptors (Lipinski definition) is 5. The minimum Gasteiger partial charge on any atom is -0.372 e. The Labute approximate surface area is 179 Å². The van der Waals surface area contributed by atoms with Crippen molar-refractivity contribution in [2.24, 2.45) is 0 Å². The Balaban J connectivity index is 1.24. The van der Waals surface area contributed by atoms with Crippen LogP contribution < -0.4 is 0 Å². The molecule has 0 aliphatic carbocycles. The molecule has 3 heterocycles. The van der Waals surface area contributed by atoms with E-state index in [1.807, 2.05) is 0 Å². The highest BCUT2D eigenvalue weighted by Crippen LogP contribution is 2.21. The quantitative estimate of drug-likeness (QED) is 0.477. The first-order valence-corrected chi connectivity index (χ1v) is 11.2. The number of ether oxygens (including phenoxy) is 3. The van der Waals surface area contributed by atoms with Gasteiger partial charge >= 0.3 is 0 Å². The summed E-state index contributed by atoms with van der Waals surface area (Å²) in [6, 6.07) is 19.7. The molecule has 3 aliphatic rings. The smallest absolute Gasteiger partial charge is 0.0936 e. The molecule has 5 heteroatoms. The molecule has 3 aliphatic heterocycles. The lowest BCUT2D eigenvalue weighted by atomic mass is 10.1. The van der Waals surface area contributed by atoms with Crippen molar-refractivity contribution in [3.05, 3.63) is 71.3 Å². The van der Waals surface area contributed by atoms with E-state index in [2.05, 4.69) is 64.4 Å². The average molecular weight is 409 g/mol. The molecule has 2 aromatic carbocycles. The van der Waals surface area contributed by atoms with Gasteiger partial charge in [0.05, 0.1) is 38.1 Å². The van der Waals surface area contributed by atoms with E-state index in [1.165, 1.54) is 16.7 Å². The van der Waals surface area contributed by atoms with E-state index < -0.39 is 0 Å². The zero-order chi connectivity index (χ0) is 20.2. The fourth-order valence-corrected chi connectivity index (χ4v) is 4.10. The molecule has 0 amide bonds. The lowest BCUT2D eigenvalue weighted by Gasteiger charge is -2.26. The first kappa shape index (κ1) is 20.2. The summed E-state index contributed by atoms with van der Waals surface area (Å²) in [6.07, 6.45) is 2.29. The molecule has 0 N–H and O–H groups in total. The van der Waals surface area contributed by atoms with E-state index in [0.29, 0.717) is 18.3 Å². The Hall–Kier alpha value is -1.76. The van der Waals surface area contributed by atoms with E-state index in [9.17, 15) is 0 Å². The highest BCUT2D eigenvalue weighted by atomic mass is 16.6. The summed E-state index contributed by atoms with van der Waals surface area (Å²) in [5, 5.41) is 0. The molecule has 0 saturated carbocycles. The maximum absolute atomic E-state index is 5.55. The highest BCUT2D eigenvalue weighted by Gasteiger charge is 2.31. The summed E-state index contributed by atoms with van der Waals surface area (Å²) < 4.78 is 16.5. The third-order valence-electron chi connectivity index (χ3n) is 6.06. The van der Waals surface area contributed by atoms with Crippen LogP contribution in [-0.2, 0) is 33.7 Å². The number of nitrogens with zero attached hydrogens (tertiary/aromatic N) is 2. The van der Waals surface area contributed by atoms with Gasteiger partial charge in [-0.25, -0.2) is 0 Å². The Morgan fingerprint density at radius 3 is 1.63 bits per heavy atom. The summed E-state index contributed by atoms with van der Waals surface area (Å²) in [7, 11) is 0. The Kier molecular flexibility index (Phi) is 6.44. The van der Waals surface area contributed by atoms with Gasteiger partial charge in [0.1, 0.15) is 0 Å². The van der Waals surface area contributed by atoms with Crippen molar-refractivity contribution in [3.63, 3.8) is 0 Å². The molecule has 0 aromatic heterocycles. The lowest BCUT2D eigenvalue weighted by molar-refractivity contribution is 0.209. The van der Waals surface area contributed by atoms with E-state index >= 15 is 0 Å². The van der Waals surface area contributed by atoms with Crippen LogP contribution in [0.5, 0.6) is 0 Å². The van der Waals surface area contributed by atoms with Gasteiger partial charge in [-0.1, -0.05) is 54.6 Å². The molecule has 0 bridgehead atoms. The topological polar surface area (TPSA) is 44.1 Å². The summed E-state index contributed by atoms with van der Waals surface area (Å²) in [4.78, 5) is 5.06. The zero-order valence-electron chi connectivity index (χ0n) is 17.6. The van der Waals surface area contributed by atoms with Crippen LogP contribution in [0.4, 0.5) is 0 Å². The molecule has 2 aromatic rings. The van der Waals surface area contributed by atoms with Crippen LogP contribution in [0.3, 0.4) is 0 Å². The van der Waals surface area contributed by atoms with Crippen LogP contribution in [0.25, 0.3) is 0 Å². The maximum Gasteiger partial charge on any atom is 0.0936 e. The molecule has 0 radical (unpaired) electrons. The first-order chi connectivity index (χ1) is 14.8. The molecule has 30 heavy (non-hydrogen) atoms. The van der Waals surface area contributed by atoms with Gasteiger partial charge in [-0.3, -0.25) is 9.80 Å². The SMILES string of the molecule is c1ccc(CCN(Cc2ccccc2CN(CC2CO2)CC2CO2)CC2CO2)cc1. The highest BCUT2D eigenvalue weighted by molar-refractivity contribution is 5.27. The van der Waals surface area contributed by atoms with Gasteiger partial charge in [0.2, 0.25) is 0 Å². The zero-order valence-corrected chi connectivity index (χ0v) is 17.6. The summed E-state index contributed by atoms with van der Waals surface area (Å²) in [5.41, 5.74) is 4.23. The molecule has 3 atom stereocenters. The van der Waals surface area contributed by atoms with E-state index in [-0.39, 0.29) is 0 Å². The number of hydrogen-bond donors (Lipinski definition) is 0. The van der Waals surface area contributed by atoms with Crippen molar-refractivity contribution in [1.82, 2.24) is 9.80 Å². The van der Waals surface area contributed by atoms with Crippen molar-refractivity contribution in [3.8, 4) is 0 Å². The average Bonchev–Trinajstić information content (AvgIpc) is 3.59. The van der Waals surface area contributed by atoms with E-state index in [0.717, 1.165) is 65.5 Å². The Morgan fingerprint density at radius 2 is 1.10 bits per heavy atom. The molecule has 5 nitrogen and oxygen atoms in total. The van der Waals surface area contributed by atoms with Crippen LogP contribution >= 0.6 is 0 Å². The van der Waals surface area contributed by atoms with Crippen molar-refractivity contribution >= 4 is 0 Å². The largest absolute Gasteiger partial charge is 0.372 e. The van der Waals surface area contributed by atoms with Crippen molar-refractivity contribution < 1.29 is 14.2 Å². The number of benzene rings is 2. The standard InChI is InChI=1S/C25H32N2O3/c1-2-6-20(7-3-1)10-11-26(14-23-17-28-23)12-21-8-4-5-9-22(21)13-27(15-24-18-29-24)16-25-19-30-25/h1-9,23-25H,10-19H2. The molecule has 0 spiro atoms. The van der Waals surface area contributed by atoms with Crippen LogP contribution in [-0.4, -0.2) is 74.1 Å². The summed E-state index contributed by atoms with van der Waals surface area (Å²) in [6.45, 7) is 8.70. The van der Waals surface area contributed by atoms with Gasteiger partial charge in [-0.15, -0.1) is 0 Å². The van der Waals surface area contributed by atoms with E-state index in [4.69, 9.17) is 14.2 Å². The Bertz CT molecular complexity index is 789. The fourth-order valence-electron chi connectivity index (χ4n) is 4.10. The second-order valence-electron chi connectivity index (χ2n) is 8.80. The second kappa shape index (κ2) is 9.58. The molecular formula is C25H32N2O3. The Morgan fingerprint density at radius 1 is 0.633 bits per heavy atom. The van der Waals surface area contributed by atoms with Crippen LogP contribution in [0.2, 0.25) is 0 Å². The van der Waals surface area contributed by atoms with Crippen molar-refractivity contribution in [2.75, 3.05) is 46.0 Å². The first-order valence-electron chi connectivity index (χ1n) is 11.2. The molecule has 3 fully saturated rings. The summed E-state index contributed by atoms with van der Waals surface area (Å²) >= 11 is 0. The van der Waals surface area contributed by atoms with Gasteiger partial charge < -0.3 is 14.2 Å². The monoisotopic (exact) mass is 408 g/mol. The van der Waals surface area contributed by atoms with Gasteiger partial charge in [0.25, 0.3) is 0 Å². The van der Waals surface area contributed by atoms with Crippen molar-refractivity contribution in [1.29, 1.82) is 0 Å². The molecule has 5 rings (SSSR count). The minimum atomic E-state index is 0.406. The van der Waals surface area contributed by atoms with Gasteiger partial charge in [-0.2, -0.15) is 0 Å². The predicted molar refractivity (Wildman–Crippen MR) is 116 cm³/mol. The fraction of sp³-hybridized carbons (Fsp3) is 0.520. The third-order valence-corrected chi connectivity index (χ3v) is 6.06. The predicted octanol–water partition coefficient (Wildman–Crippen LogP) is 2.73. The third kappa shape index (κ3) is 6.37. The molecule has 3 saturated heterocycles. The number of epoxide rings is 3. The van der Waals surface area contributed by atoms with Crippen LogP contribution in [0, 0.1) is 0 Å².